The SMILES string of the molecule is O=C1O[C@@H](C(=O)Nc2cccc(S(=O)(=O)N3CCCCC3)c2)Cc2ccccc21. The molecule has 0 spiro atoms. The highest BCUT2D eigenvalue weighted by Gasteiger charge is 2.31. The Morgan fingerprint density at radius 1 is 1.03 bits per heavy atom. The summed E-state index contributed by atoms with van der Waals surface area (Å²) in [5.41, 5.74) is 1.57. The molecule has 152 valence electrons. The van der Waals surface area contributed by atoms with Crippen LogP contribution in [0.2, 0.25) is 0 Å². The minimum atomic E-state index is -3.60. The third kappa shape index (κ3) is 4.04. The Morgan fingerprint density at radius 3 is 2.59 bits per heavy atom. The first-order valence-corrected chi connectivity index (χ1v) is 11.1. The van der Waals surface area contributed by atoms with Gasteiger partial charge in [0.2, 0.25) is 10.0 Å². The predicted octanol–water partition coefficient (Wildman–Crippen LogP) is 2.58. The third-order valence-electron chi connectivity index (χ3n) is 5.24. The largest absolute Gasteiger partial charge is 0.448 e. The summed E-state index contributed by atoms with van der Waals surface area (Å²) in [6, 6.07) is 13.2. The van der Waals surface area contributed by atoms with Gasteiger partial charge < -0.3 is 10.1 Å². The van der Waals surface area contributed by atoms with E-state index >= 15 is 0 Å². The van der Waals surface area contributed by atoms with Crippen molar-refractivity contribution in [3.05, 3.63) is 59.7 Å². The molecule has 0 aromatic heterocycles. The Bertz CT molecular complexity index is 1040. The van der Waals surface area contributed by atoms with Gasteiger partial charge in [0.15, 0.2) is 6.10 Å². The van der Waals surface area contributed by atoms with Gasteiger partial charge in [0.1, 0.15) is 0 Å². The number of amides is 1. The monoisotopic (exact) mass is 414 g/mol. The Morgan fingerprint density at radius 2 is 1.79 bits per heavy atom. The second-order valence-electron chi connectivity index (χ2n) is 7.24. The molecule has 2 aliphatic rings. The summed E-state index contributed by atoms with van der Waals surface area (Å²) in [4.78, 5) is 24.9. The fourth-order valence-corrected chi connectivity index (χ4v) is 5.25. The van der Waals surface area contributed by atoms with Crippen LogP contribution >= 0.6 is 0 Å². The van der Waals surface area contributed by atoms with Crippen LogP contribution in [-0.4, -0.2) is 43.8 Å². The molecule has 1 amide bonds. The molecule has 1 saturated heterocycles. The number of piperidine rings is 1. The standard InChI is InChI=1S/C21H22N2O5S/c24-20(19-13-15-7-2-3-10-18(15)21(25)28-19)22-16-8-6-9-17(14-16)29(26,27)23-11-4-1-5-12-23/h2-3,6-10,14,19H,1,4-5,11-13H2,(H,22,24)/t19-/m1/s1. The van der Waals surface area contributed by atoms with Gasteiger partial charge >= 0.3 is 5.97 Å². The van der Waals surface area contributed by atoms with Gasteiger partial charge in [-0.2, -0.15) is 4.31 Å². The van der Waals surface area contributed by atoms with Crippen LogP contribution < -0.4 is 5.32 Å². The van der Waals surface area contributed by atoms with E-state index in [2.05, 4.69) is 5.32 Å². The topological polar surface area (TPSA) is 92.8 Å². The van der Waals surface area contributed by atoms with Crippen molar-refractivity contribution in [1.29, 1.82) is 0 Å². The summed E-state index contributed by atoms with van der Waals surface area (Å²) in [5.74, 6) is -1.02. The molecule has 0 saturated carbocycles. The Kier molecular flexibility index (Phi) is 5.38. The average Bonchev–Trinajstić information content (AvgIpc) is 2.74. The van der Waals surface area contributed by atoms with Crippen molar-refractivity contribution in [2.24, 2.45) is 0 Å². The van der Waals surface area contributed by atoms with Gasteiger partial charge in [-0.3, -0.25) is 4.79 Å². The molecule has 8 heteroatoms. The number of hydrogen-bond donors (Lipinski definition) is 1. The number of esters is 1. The van der Waals surface area contributed by atoms with Gasteiger partial charge in [-0.05, 0) is 42.7 Å². The number of carbonyl (C=O) groups excluding carboxylic acids is 2. The Labute approximate surface area is 169 Å². The lowest BCUT2D eigenvalue weighted by Gasteiger charge is -2.26. The van der Waals surface area contributed by atoms with E-state index in [4.69, 9.17) is 4.74 Å². The normalized spacial score (nSPS) is 19.9. The molecule has 4 rings (SSSR count). The molecule has 0 unspecified atom stereocenters. The molecular formula is C21H22N2O5S. The number of hydrogen-bond acceptors (Lipinski definition) is 5. The number of benzene rings is 2. The van der Waals surface area contributed by atoms with E-state index in [0.29, 0.717) is 24.3 Å². The minimum Gasteiger partial charge on any atom is -0.448 e. The maximum atomic E-state index is 12.9. The lowest BCUT2D eigenvalue weighted by atomic mass is 9.98. The molecule has 1 N–H and O–H groups in total. The molecule has 29 heavy (non-hydrogen) atoms. The number of sulfonamides is 1. The minimum absolute atomic E-state index is 0.142. The van der Waals surface area contributed by atoms with E-state index in [1.807, 2.05) is 0 Å². The van der Waals surface area contributed by atoms with Gasteiger partial charge in [-0.1, -0.05) is 30.7 Å². The quantitative estimate of drug-likeness (QED) is 0.777. The van der Waals surface area contributed by atoms with Gasteiger partial charge in [-0.25, -0.2) is 13.2 Å². The third-order valence-corrected chi connectivity index (χ3v) is 7.13. The lowest BCUT2D eigenvalue weighted by Crippen LogP contribution is -2.38. The number of fused-ring (bicyclic) bond motifs is 1. The van der Waals surface area contributed by atoms with E-state index in [1.165, 1.54) is 16.4 Å². The number of anilines is 1. The van der Waals surface area contributed by atoms with E-state index in [9.17, 15) is 18.0 Å². The van der Waals surface area contributed by atoms with Crippen molar-refractivity contribution >= 4 is 27.6 Å². The molecular weight excluding hydrogens is 392 g/mol. The van der Waals surface area contributed by atoms with Crippen molar-refractivity contribution in [2.45, 2.75) is 36.7 Å². The first-order chi connectivity index (χ1) is 13.9. The molecule has 2 heterocycles. The summed E-state index contributed by atoms with van der Waals surface area (Å²) in [6.07, 6.45) is 2.05. The predicted molar refractivity (Wildman–Crippen MR) is 107 cm³/mol. The van der Waals surface area contributed by atoms with Crippen molar-refractivity contribution in [3.8, 4) is 0 Å². The van der Waals surface area contributed by atoms with Crippen LogP contribution in [-0.2, 0) is 26.0 Å². The molecule has 7 nitrogen and oxygen atoms in total. The van der Waals surface area contributed by atoms with Crippen LogP contribution in [0.1, 0.15) is 35.2 Å². The van der Waals surface area contributed by atoms with Crippen LogP contribution in [0.15, 0.2) is 53.4 Å². The fourth-order valence-electron chi connectivity index (χ4n) is 3.69. The van der Waals surface area contributed by atoms with Gasteiger partial charge in [-0.15, -0.1) is 0 Å². The maximum Gasteiger partial charge on any atom is 0.339 e. The number of rotatable bonds is 4. The van der Waals surface area contributed by atoms with Crippen molar-refractivity contribution in [1.82, 2.24) is 4.31 Å². The highest BCUT2D eigenvalue weighted by Crippen LogP contribution is 2.24. The number of nitrogens with one attached hydrogen (secondary N) is 1. The lowest BCUT2D eigenvalue weighted by molar-refractivity contribution is -0.125. The van der Waals surface area contributed by atoms with Gasteiger partial charge in [0.05, 0.1) is 10.5 Å². The molecule has 2 aromatic carbocycles. The van der Waals surface area contributed by atoms with E-state index in [0.717, 1.165) is 24.8 Å². The molecule has 0 radical (unpaired) electrons. The van der Waals surface area contributed by atoms with Gasteiger partial charge in [0, 0.05) is 25.2 Å². The zero-order valence-electron chi connectivity index (χ0n) is 15.8. The molecule has 2 aliphatic heterocycles. The van der Waals surface area contributed by atoms with Crippen LogP contribution in [0.5, 0.6) is 0 Å². The zero-order chi connectivity index (χ0) is 20.4. The van der Waals surface area contributed by atoms with E-state index in [-0.39, 0.29) is 11.3 Å². The Balaban J connectivity index is 1.50. The highest BCUT2D eigenvalue weighted by atomic mass is 32.2. The van der Waals surface area contributed by atoms with Crippen molar-refractivity contribution < 1.29 is 22.7 Å². The first kappa shape index (κ1) is 19.6. The zero-order valence-corrected chi connectivity index (χ0v) is 16.7. The van der Waals surface area contributed by atoms with Crippen molar-refractivity contribution in [2.75, 3.05) is 18.4 Å². The van der Waals surface area contributed by atoms with Crippen LogP contribution in [0, 0.1) is 0 Å². The summed E-state index contributed by atoms with van der Waals surface area (Å²) in [7, 11) is -3.60. The van der Waals surface area contributed by atoms with E-state index < -0.39 is 28.0 Å². The summed E-state index contributed by atoms with van der Waals surface area (Å²) >= 11 is 0. The number of ether oxygens (including phenoxy) is 1. The smallest absolute Gasteiger partial charge is 0.339 e. The maximum absolute atomic E-state index is 12.9. The molecule has 0 aliphatic carbocycles. The Hall–Kier alpha value is -2.71. The summed E-state index contributed by atoms with van der Waals surface area (Å²) < 4.78 is 32.4. The van der Waals surface area contributed by atoms with Crippen molar-refractivity contribution in [3.63, 3.8) is 0 Å². The van der Waals surface area contributed by atoms with Crippen LogP contribution in [0.25, 0.3) is 0 Å². The molecule has 1 fully saturated rings. The molecule has 2 aromatic rings. The summed E-state index contributed by atoms with van der Waals surface area (Å²) in [6.45, 7) is 1.02. The summed E-state index contributed by atoms with van der Waals surface area (Å²) in [5, 5.41) is 2.68. The second-order valence-corrected chi connectivity index (χ2v) is 9.17. The van der Waals surface area contributed by atoms with Crippen LogP contribution in [0.3, 0.4) is 0 Å². The average molecular weight is 414 g/mol. The first-order valence-electron chi connectivity index (χ1n) is 9.65. The number of carbonyl (C=O) groups is 2. The highest BCUT2D eigenvalue weighted by molar-refractivity contribution is 7.89. The second kappa shape index (κ2) is 7.96. The number of nitrogens with zero attached hydrogens (tertiary/aromatic N) is 1. The fraction of sp³-hybridized carbons (Fsp3) is 0.333. The van der Waals surface area contributed by atoms with E-state index in [1.54, 1.807) is 36.4 Å². The molecule has 0 bridgehead atoms. The van der Waals surface area contributed by atoms with Crippen LogP contribution in [0.4, 0.5) is 5.69 Å². The molecule has 1 atom stereocenters. The van der Waals surface area contributed by atoms with Gasteiger partial charge in [0.25, 0.3) is 5.91 Å². The number of cyclic esters (lactones) is 1.